The first-order valence-electron chi connectivity index (χ1n) is 7.91. The van der Waals surface area contributed by atoms with Crippen molar-refractivity contribution in [3.05, 3.63) is 30.0 Å². The van der Waals surface area contributed by atoms with Gasteiger partial charge in [-0.3, -0.25) is 0 Å². The lowest BCUT2D eigenvalue weighted by molar-refractivity contribution is -0.858. The molecule has 2 rings (SSSR count). The molecule has 0 saturated heterocycles. The predicted octanol–water partition coefficient (Wildman–Crippen LogP) is 1.71. The van der Waals surface area contributed by atoms with E-state index >= 15 is 0 Å². The Labute approximate surface area is 146 Å². The Bertz CT molecular complexity index is 657. The number of carbonyl (C=O) groups excluding carboxylic acids is 1. The summed E-state index contributed by atoms with van der Waals surface area (Å²) >= 11 is 1.00. The SMILES string of the molecule is COCCOCSC(=O)Oc1cccc2[nH]cc(CC[NH+](C)C)c12. The van der Waals surface area contributed by atoms with Gasteiger partial charge in [-0.25, -0.2) is 4.79 Å². The third-order valence-electron chi connectivity index (χ3n) is 3.53. The van der Waals surface area contributed by atoms with Gasteiger partial charge >= 0.3 is 5.30 Å². The van der Waals surface area contributed by atoms with Crippen molar-refractivity contribution in [2.45, 2.75) is 6.42 Å². The van der Waals surface area contributed by atoms with Gasteiger partial charge in [-0.15, -0.1) is 0 Å². The summed E-state index contributed by atoms with van der Waals surface area (Å²) in [6.45, 7) is 1.98. The van der Waals surface area contributed by atoms with Gasteiger partial charge in [0, 0.05) is 30.6 Å². The standard InChI is InChI=1S/C17H24N2O4S/c1-19(2)8-7-13-11-18-14-5-4-6-15(16(13)14)23-17(20)24-12-22-10-9-21-3/h4-6,11,18H,7-10,12H2,1-3H3/p+1. The van der Waals surface area contributed by atoms with Crippen LogP contribution in [0, 0.1) is 0 Å². The molecule has 0 radical (unpaired) electrons. The molecule has 0 aliphatic rings. The maximum Gasteiger partial charge on any atom is 0.374 e. The molecule has 24 heavy (non-hydrogen) atoms. The lowest BCUT2D eigenvalue weighted by Gasteiger charge is -2.09. The molecule has 0 aliphatic carbocycles. The van der Waals surface area contributed by atoms with Gasteiger partial charge in [0.25, 0.3) is 0 Å². The number of ether oxygens (including phenoxy) is 3. The van der Waals surface area contributed by atoms with Crippen molar-refractivity contribution in [2.24, 2.45) is 0 Å². The molecule has 0 saturated carbocycles. The zero-order valence-electron chi connectivity index (χ0n) is 14.4. The summed E-state index contributed by atoms with van der Waals surface area (Å²) in [6.07, 6.45) is 2.91. The Hall–Kier alpha value is -1.54. The number of carbonyl (C=O) groups is 1. The van der Waals surface area contributed by atoms with Crippen molar-refractivity contribution in [1.29, 1.82) is 0 Å². The highest BCUT2D eigenvalue weighted by atomic mass is 32.2. The molecular formula is C17H25N2O4S+. The average Bonchev–Trinajstić information content (AvgIpc) is 2.97. The number of nitrogens with one attached hydrogen (secondary N) is 2. The van der Waals surface area contributed by atoms with E-state index in [1.807, 2.05) is 24.4 Å². The minimum absolute atomic E-state index is 0.252. The molecule has 0 bridgehead atoms. The maximum atomic E-state index is 12.0. The number of quaternary nitrogens is 1. The monoisotopic (exact) mass is 353 g/mol. The first kappa shape index (κ1) is 18.8. The van der Waals surface area contributed by atoms with Gasteiger partial charge in [-0.2, -0.15) is 0 Å². The zero-order valence-corrected chi connectivity index (χ0v) is 15.2. The van der Waals surface area contributed by atoms with Crippen molar-refractivity contribution >= 4 is 28.0 Å². The fraction of sp³-hybridized carbons (Fsp3) is 0.471. The summed E-state index contributed by atoms with van der Waals surface area (Å²) in [6, 6.07) is 5.69. The first-order valence-corrected chi connectivity index (χ1v) is 8.89. The number of aromatic amines is 1. The number of methoxy groups -OCH3 is 1. The topological polar surface area (TPSA) is 65.0 Å². The van der Waals surface area contributed by atoms with Crippen LogP contribution in [0.1, 0.15) is 5.56 Å². The van der Waals surface area contributed by atoms with Gasteiger partial charge in [-0.05, 0) is 29.5 Å². The van der Waals surface area contributed by atoms with E-state index in [1.54, 1.807) is 7.11 Å². The number of fused-ring (bicyclic) bond motifs is 1. The molecule has 2 aromatic rings. The fourth-order valence-corrected chi connectivity index (χ4v) is 2.74. The van der Waals surface area contributed by atoms with E-state index in [0.717, 1.165) is 41.2 Å². The van der Waals surface area contributed by atoms with Gasteiger partial charge < -0.3 is 24.1 Å². The van der Waals surface area contributed by atoms with Gasteiger partial charge in [0.15, 0.2) is 0 Å². The van der Waals surface area contributed by atoms with E-state index in [-0.39, 0.29) is 11.2 Å². The van der Waals surface area contributed by atoms with Gasteiger partial charge in [-0.1, -0.05) is 6.07 Å². The molecule has 132 valence electrons. The number of likely N-dealkylation sites (N-methyl/N-ethyl adjacent to an activating group) is 1. The predicted molar refractivity (Wildman–Crippen MR) is 96.0 cm³/mol. The molecule has 0 unspecified atom stereocenters. The van der Waals surface area contributed by atoms with Crippen LogP contribution in [0.4, 0.5) is 4.79 Å². The van der Waals surface area contributed by atoms with Crippen LogP contribution in [0.5, 0.6) is 5.75 Å². The van der Waals surface area contributed by atoms with E-state index in [9.17, 15) is 4.79 Å². The highest BCUT2D eigenvalue weighted by Crippen LogP contribution is 2.30. The number of rotatable bonds is 9. The minimum Gasteiger partial charge on any atom is -0.418 e. The molecule has 0 aliphatic heterocycles. The number of aromatic nitrogens is 1. The largest absolute Gasteiger partial charge is 0.418 e. The fourth-order valence-electron chi connectivity index (χ4n) is 2.30. The van der Waals surface area contributed by atoms with Crippen LogP contribution in [0.25, 0.3) is 10.9 Å². The Morgan fingerprint density at radius 1 is 1.29 bits per heavy atom. The van der Waals surface area contributed by atoms with Gasteiger partial charge in [0.2, 0.25) is 0 Å². The molecule has 1 aromatic carbocycles. The zero-order chi connectivity index (χ0) is 17.4. The normalized spacial score (nSPS) is 11.3. The Balaban J connectivity index is 2.00. The van der Waals surface area contributed by atoms with Gasteiger partial charge in [0.05, 0.1) is 33.9 Å². The molecule has 6 nitrogen and oxygen atoms in total. The Kier molecular flexibility index (Phi) is 7.58. The second-order valence-corrected chi connectivity index (χ2v) is 6.57. The molecule has 0 amide bonds. The molecule has 0 atom stereocenters. The van der Waals surface area contributed by atoms with Gasteiger partial charge in [0.1, 0.15) is 11.7 Å². The van der Waals surface area contributed by atoms with E-state index in [1.165, 1.54) is 4.90 Å². The summed E-state index contributed by atoms with van der Waals surface area (Å²) in [7, 11) is 5.85. The number of H-pyrrole nitrogens is 1. The highest BCUT2D eigenvalue weighted by molar-refractivity contribution is 8.13. The van der Waals surface area contributed by atoms with Crippen molar-refractivity contribution in [2.75, 3.05) is 46.9 Å². The second kappa shape index (κ2) is 9.68. The number of thioether (sulfide) groups is 1. The van der Waals surface area contributed by atoms with Crippen LogP contribution in [-0.2, 0) is 15.9 Å². The smallest absolute Gasteiger partial charge is 0.374 e. The maximum absolute atomic E-state index is 12.0. The number of hydrogen-bond donors (Lipinski definition) is 2. The second-order valence-electron chi connectivity index (χ2n) is 5.72. The van der Waals surface area contributed by atoms with Crippen LogP contribution < -0.4 is 9.64 Å². The molecular weight excluding hydrogens is 328 g/mol. The van der Waals surface area contributed by atoms with Crippen LogP contribution >= 0.6 is 11.8 Å². The van der Waals surface area contributed by atoms with E-state index in [4.69, 9.17) is 14.2 Å². The third kappa shape index (κ3) is 5.52. The van der Waals surface area contributed by atoms with E-state index in [0.29, 0.717) is 19.0 Å². The third-order valence-corrected chi connectivity index (χ3v) is 4.13. The molecule has 1 heterocycles. The van der Waals surface area contributed by atoms with Crippen LogP contribution in [-0.4, -0.2) is 57.2 Å². The van der Waals surface area contributed by atoms with E-state index in [2.05, 4.69) is 19.1 Å². The summed E-state index contributed by atoms with van der Waals surface area (Å²) in [4.78, 5) is 16.6. The molecule has 2 N–H and O–H groups in total. The summed E-state index contributed by atoms with van der Waals surface area (Å²) < 4.78 is 15.7. The van der Waals surface area contributed by atoms with Crippen LogP contribution in [0.2, 0.25) is 0 Å². The lowest BCUT2D eigenvalue weighted by atomic mass is 10.1. The molecule has 7 heteroatoms. The highest BCUT2D eigenvalue weighted by Gasteiger charge is 2.14. The van der Waals surface area contributed by atoms with Crippen molar-refractivity contribution in [3.63, 3.8) is 0 Å². The van der Waals surface area contributed by atoms with Crippen molar-refractivity contribution in [3.8, 4) is 5.75 Å². The first-order chi connectivity index (χ1) is 11.6. The molecule has 0 spiro atoms. The van der Waals surface area contributed by atoms with Crippen LogP contribution in [0.15, 0.2) is 24.4 Å². The quantitative estimate of drug-likeness (QED) is 0.408. The number of benzene rings is 1. The summed E-state index contributed by atoms with van der Waals surface area (Å²) in [5.41, 5.74) is 2.14. The van der Waals surface area contributed by atoms with Crippen molar-refractivity contribution < 1.29 is 23.9 Å². The molecule has 1 aromatic heterocycles. The lowest BCUT2D eigenvalue weighted by Crippen LogP contribution is -3.05. The number of hydrogen-bond acceptors (Lipinski definition) is 5. The minimum atomic E-state index is -0.370. The Morgan fingerprint density at radius 2 is 2.12 bits per heavy atom. The van der Waals surface area contributed by atoms with E-state index < -0.39 is 0 Å². The van der Waals surface area contributed by atoms with Crippen LogP contribution in [0.3, 0.4) is 0 Å². The molecule has 0 fully saturated rings. The Morgan fingerprint density at radius 3 is 2.88 bits per heavy atom. The average molecular weight is 353 g/mol. The summed E-state index contributed by atoms with van der Waals surface area (Å²) in [5.74, 6) is 0.842. The van der Waals surface area contributed by atoms with Crippen molar-refractivity contribution in [1.82, 2.24) is 4.98 Å². The summed E-state index contributed by atoms with van der Waals surface area (Å²) in [5, 5.41) is 0.610.